The lowest BCUT2D eigenvalue weighted by Crippen LogP contribution is -2.03. The fraction of sp³-hybridized carbons (Fsp3) is 0.0588. The van der Waals surface area contributed by atoms with Crippen LogP contribution in [-0.2, 0) is 11.3 Å². The van der Waals surface area contributed by atoms with Crippen molar-refractivity contribution in [1.82, 2.24) is 4.98 Å². The van der Waals surface area contributed by atoms with E-state index in [1.54, 1.807) is 6.07 Å². The van der Waals surface area contributed by atoms with Gasteiger partial charge in [-0.2, -0.15) is 0 Å². The first-order valence-electron chi connectivity index (χ1n) is 6.80. The number of hydrogen-bond donors (Lipinski definition) is 0. The molecule has 2 aromatic carbocycles. The highest BCUT2D eigenvalue weighted by atomic mass is 32.1. The predicted molar refractivity (Wildman–Crippen MR) is 85.0 cm³/mol. The lowest BCUT2D eigenvalue weighted by Gasteiger charge is -1.98. The molecule has 2 heterocycles. The summed E-state index contributed by atoms with van der Waals surface area (Å²) in [4.78, 5) is 16.5. The van der Waals surface area contributed by atoms with Crippen LogP contribution in [0.15, 0.2) is 59.0 Å². The summed E-state index contributed by atoms with van der Waals surface area (Å²) in [6.07, 6.45) is 0. The topological polar surface area (TPSA) is 52.3 Å². The van der Waals surface area contributed by atoms with E-state index in [1.165, 1.54) is 11.3 Å². The van der Waals surface area contributed by atoms with E-state index in [9.17, 15) is 4.79 Å². The summed E-state index contributed by atoms with van der Waals surface area (Å²) in [5, 5.41) is 1.65. The Labute approximate surface area is 130 Å². The van der Waals surface area contributed by atoms with Gasteiger partial charge < -0.3 is 9.15 Å². The van der Waals surface area contributed by atoms with Gasteiger partial charge in [-0.05, 0) is 24.3 Å². The van der Waals surface area contributed by atoms with Crippen molar-refractivity contribution < 1.29 is 13.9 Å². The van der Waals surface area contributed by atoms with Gasteiger partial charge in [0.25, 0.3) is 0 Å². The minimum absolute atomic E-state index is 0.148. The average Bonchev–Trinajstić information content (AvgIpc) is 3.15. The second kappa shape index (κ2) is 5.27. The zero-order chi connectivity index (χ0) is 14.9. The van der Waals surface area contributed by atoms with Gasteiger partial charge in [0.1, 0.15) is 17.2 Å². The maximum atomic E-state index is 12.1. The summed E-state index contributed by atoms with van der Waals surface area (Å²) in [6.45, 7) is 0.148. The van der Waals surface area contributed by atoms with Crippen molar-refractivity contribution >= 4 is 38.5 Å². The fourth-order valence-electron chi connectivity index (χ4n) is 2.26. The normalized spacial score (nSPS) is 11.1. The lowest BCUT2D eigenvalue weighted by molar-refractivity contribution is 0.0438. The van der Waals surface area contributed by atoms with E-state index in [2.05, 4.69) is 4.98 Å². The standard InChI is InChI=1S/C17H11NO3S/c19-17(14-9-11-5-1-3-7-13(11)21-14)20-10-16-18-12-6-2-4-8-15(12)22-16/h1-9H,10H2. The zero-order valence-electron chi connectivity index (χ0n) is 11.5. The highest BCUT2D eigenvalue weighted by Crippen LogP contribution is 2.23. The molecule has 0 aliphatic rings. The first-order chi connectivity index (χ1) is 10.8. The summed E-state index contributed by atoms with van der Waals surface area (Å²) in [7, 11) is 0. The maximum Gasteiger partial charge on any atom is 0.374 e. The van der Waals surface area contributed by atoms with Crippen molar-refractivity contribution in [3.8, 4) is 0 Å². The molecular weight excluding hydrogens is 298 g/mol. The minimum Gasteiger partial charge on any atom is -0.452 e. The molecule has 0 unspecified atom stereocenters. The van der Waals surface area contributed by atoms with Crippen LogP contribution in [-0.4, -0.2) is 11.0 Å². The molecule has 0 bridgehead atoms. The van der Waals surface area contributed by atoms with Crippen molar-refractivity contribution in [2.75, 3.05) is 0 Å². The number of esters is 1. The van der Waals surface area contributed by atoms with Crippen molar-refractivity contribution in [2.24, 2.45) is 0 Å². The van der Waals surface area contributed by atoms with Crippen molar-refractivity contribution in [1.29, 1.82) is 0 Å². The van der Waals surface area contributed by atoms with Crippen LogP contribution in [0.4, 0.5) is 0 Å². The van der Waals surface area contributed by atoms with Gasteiger partial charge in [-0.1, -0.05) is 30.3 Å². The third-order valence-electron chi connectivity index (χ3n) is 3.29. The number of carbonyl (C=O) groups is 1. The third kappa shape index (κ3) is 2.35. The molecule has 0 amide bonds. The molecule has 0 fully saturated rings. The summed E-state index contributed by atoms with van der Waals surface area (Å²) < 4.78 is 11.9. The molecule has 4 rings (SSSR count). The number of nitrogens with zero attached hydrogens (tertiary/aromatic N) is 1. The van der Waals surface area contributed by atoms with Gasteiger partial charge in [0.05, 0.1) is 10.2 Å². The number of furan rings is 1. The van der Waals surface area contributed by atoms with E-state index in [0.29, 0.717) is 5.58 Å². The summed E-state index contributed by atoms with van der Waals surface area (Å²) in [6, 6.07) is 17.0. The smallest absolute Gasteiger partial charge is 0.374 e. The maximum absolute atomic E-state index is 12.1. The number of hydrogen-bond acceptors (Lipinski definition) is 5. The molecule has 2 aromatic heterocycles. The molecule has 0 spiro atoms. The first kappa shape index (κ1) is 13.0. The molecule has 4 aromatic rings. The summed E-state index contributed by atoms with van der Waals surface area (Å²) >= 11 is 1.52. The van der Waals surface area contributed by atoms with Crippen LogP contribution < -0.4 is 0 Å². The Balaban J connectivity index is 1.51. The monoisotopic (exact) mass is 309 g/mol. The van der Waals surface area contributed by atoms with E-state index >= 15 is 0 Å². The summed E-state index contributed by atoms with van der Waals surface area (Å²) in [5.74, 6) is -0.266. The number of aromatic nitrogens is 1. The Morgan fingerprint density at radius 3 is 2.82 bits per heavy atom. The third-order valence-corrected chi connectivity index (χ3v) is 4.30. The van der Waals surface area contributed by atoms with Crippen molar-refractivity contribution in [3.63, 3.8) is 0 Å². The number of ether oxygens (including phenoxy) is 1. The van der Waals surface area contributed by atoms with E-state index in [4.69, 9.17) is 9.15 Å². The Hall–Kier alpha value is -2.66. The molecule has 4 nitrogen and oxygen atoms in total. The number of rotatable bonds is 3. The molecule has 5 heteroatoms. The highest BCUT2D eigenvalue weighted by Gasteiger charge is 2.14. The Morgan fingerprint density at radius 2 is 1.95 bits per heavy atom. The highest BCUT2D eigenvalue weighted by molar-refractivity contribution is 7.18. The second-order valence-corrected chi connectivity index (χ2v) is 5.92. The van der Waals surface area contributed by atoms with Gasteiger partial charge in [0.15, 0.2) is 0 Å². The number of carbonyl (C=O) groups excluding carboxylic acids is 1. The van der Waals surface area contributed by atoms with Gasteiger partial charge in [-0.3, -0.25) is 0 Å². The molecule has 0 atom stereocenters. The molecule has 108 valence electrons. The molecule has 0 saturated carbocycles. The molecule has 0 N–H and O–H groups in total. The number of benzene rings is 2. The van der Waals surface area contributed by atoms with Crippen LogP contribution in [0, 0.1) is 0 Å². The Kier molecular flexibility index (Phi) is 3.12. The molecule has 0 saturated heterocycles. The second-order valence-electron chi connectivity index (χ2n) is 4.80. The average molecular weight is 309 g/mol. The lowest BCUT2D eigenvalue weighted by atomic mass is 10.2. The van der Waals surface area contributed by atoms with E-state index < -0.39 is 5.97 Å². The molecular formula is C17H11NO3S. The fourth-order valence-corrected chi connectivity index (χ4v) is 3.14. The van der Waals surface area contributed by atoms with Crippen LogP contribution in [0.2, 0.25) is 0 Å². The van der Waals surface area contributed by atoms with Crippen molar-refractivity contribution in [2.45, 2.75) is 6.61 Å². The number of thiazole rings is 1. The summed E-state index contributed by atoms with van der Waals surface area (Å²) in [5.41, 5.74) is 1.59. The first-order valence-corrected chi connectivity index (χ1v) is 7.61. The number of fused-ring (bicyclic) bond motifs is 2. The quantitative estimate of drug-likeness (QED) is 0.526. The number of para-hydroxylation sites is 2. The van der Waals surface area contributed by atoms with Crippen LogP contribution in [0.25, 0.3) is 21.2 Å². The van der Waals surface area contributed by atoms with Crippen LogP contribution in [0.1, 0.15) is 15.6 Å². The van der Waals surface area contributed by atoms with Gasteiger partial charge in [0.2, 0.25) is 5.76 Å². The van der Waals surface area contributed by atoms with E-state index in [-0.39, 0.29) is 12.4 Å². The SMILES string of the molecule is O=C(OCc1nc2ccccc2s1)c1cc2ccccc2o1. The molecule has 22 heavy (non-hydrogen) atoms. The molecule has 0 radical (unpaired) electrons. The largest absolute Gasteiger partial charge is 0.452 e. The van der Waals surface area contributed by atoms with Crippen LogP contribution in [0.3, 0.4) is 0 Å². The van der Waals surface area contributed by atoms with Gasteiger partial charge in [-0.15, -0.1) is 11.3 Å². The van der Waals surface area contributed by atoms with Crippen molar-refractivity contribution in [3.05, 3.63) is 65.4 Å². The van der Waals surface area contributed by atoms with Crippen LogP contribution >= 0.6 is 11.3 Å². The van der Waals surface area contributed by atoms with Gasteiger partial charge in [0, 0.05) is 5.39 Å². The predicted octanol–water partition coefficient (Wildman–Crippen LogP) is 4.40. The molecule has 0 aliphatic carbocycles. The van der Waals surface area contributed by atoms with Crippen LogP contribution in [0.5, 0.6) is 0 Å². The molecule has 0 aliphatic heterocycles. The van der Waals surface area contributed by atoms with E-state index in [0.717, 1.165) is 20.6 Å². The van der Waals surface area contributed by atoms with Gasteiger partial charge >= 0.3 is 5.97 Å². The Morgan fingerprint density at radius 1 is 1.14 bits per heavy atom. The Bertz CT molecular complexity index is 904. The minimum atomic E-state index is -0.476. The van der Waals surface area contributed by atoms with Gasteiger partial charge in [-0.25, -0.2) is 9.78 Å². The van der Waals surface area contributed by atoms with E-state index in [1.807, 2.05) is 48.5 Å². The zero-order valence-corrected chi connectivity index (χ0v) is 12.3.